The van der Waals surface area contributed by atoms with E-state index in [1.165, 1.54) is 9.88 Å². The molecule has 2 heterocycles. The summed E-state index contributed by atoms with van der Waals surface area (Å²) in [5, 5.41) is 8.58. The molecular weight excluding hydrogens is 288 g/mol. The number of hydrogen-bond donors (Lipinski definition) is 1. The molecule has 0 aromatic carbocycles. The van der Waals surface area contributed by atoms with E-state index in [-0.39, 0.29) is 0 Å². The molecule has 0 aliphatic rings. The summed E-state index contributed by atoms with van der Waals surface area (Å²) in [6.45, 7) is 8.67. The minimum absolute atomic E-state index is 0.345. The van der Waals surface area contributed by atoms with Gasteiger partial charge in [-0.25, -0.2) is 4.98 Å². The van der Waals surface area contributed by atoms with E-state index in [2.05, 4.69) is 42.5 Å². The van der Waals surface area contributed by atoms with Gasteiger partial charge in [-0.2, -0.15) is 5.10 Å². The van der Waals surface area contributed by atoms with Gasteiger partial charge in [0.2, 0.25) is 0 Å². The monoisotopic (exact) mass is 310 g/mol. The van der Waals surface area contributed by atoms with E-state index in [1.54, 1.807) is 11.3 Å². The second-order valence-electron chi connectivity index (χ2n) is 4.97. The zero-order valence-electron chi connectivity index (χ0n) is 12.6. The molecule has 0 radical (unpaired) electrons. The van der Waals surface area contributed by atoms with Gasteiger partial charge in [0.05, 0.1) is 15.6 Å². The van der Waals surface area contributed by atoms with Crippen molar-refractivity contribution in [3.8, 4) is 10.7 Å². The van der Waals surface area contributed by atoms with Crippen LogP contribution in [0.25, 0.3) is 10.7 Å². The summed E-state index contributed by atoms with van der Waals surface area (Å²) in [6, 6.07) is 0.345. The van der Waals surface area contributed by atoms with E-state index in [0.29, 0.717) is 10.8 Å². The lowest BCUT2D eigenvalue weighted by Crippen LogP contribution is -2.06. The number of nitrogens with zero attached hydrogens (tertiary/aromatic N) is 3. The third-order valence-corrected chi connectivity index (χ3v) is 5.00. The molecule has 0 fully saturated rings. The summed E-state index contributed by atoms with van der Waals surface area (Å²) >= 11 is 7.13. The molecule has 0 aliphatic carbocycles. The maximum atomic E-state index is 5.39. The van der Waals surface area contributed by atoms with Gasteiger partial charge in [-0.3, -0.25) is 9.67 Å². The standard InChI is InChI=1S/C14H22N4S2/c1-5-8-10-12(20-11(7-3)15-10)13-16-17-14(19)18(13)9(4)6-2/h9H,5-8H2,1-4H3,(H,17,19). The lowest BCUT2D eigenvalue weighted by molar-refractivity contribution is 0.529. The van der Waals surface area contributed by atoms with Crippen molar-refractivity contribution in [1.29, 1.82) is 0 Å². The predicted molar refractivity (Wildman–Crippen MR) is 86.9 cm³/mol. The summed E-state index contributed by atoms with van der Waals surface area (Å²) in [4.78, 5) is 5.92. The highest BCUT2D eigenvalue weighted by Gasteiger charge is 2.19. The van der Waals surface area contributed by atoms with E-state index in [4.69, 9.17) is 17.2 Å². The third-order valence-electron chi connectivity index (χ3n) is 3.47. The number of H-pyrrole nitrogens is 1. The molecule has 0 saturated carbocycles. The summed E-state index contributed by atoms with van der Waals surface area (Å²) in [6.07, 6.45) is 4.08. The Morgan fingerprint density at radius 1 is 1.35 bits per heavy atom. The quantitative estimate of drug-likeness (QED) is 0.796. The Balaban J connectivity index is 2.56. The molecule has 2 aromatic rings. The van der Waals surface area contributed by atoms with Crippen LogP contribution >= 0.6 is 23.6 Å². The van der Waals surface area contributed by atoms with Crippen molar-refractivity contribution >= 4 is 23.6 Å². The fraction of sp³-hybridized carbons (Fsp3) is 0.643. The molecule has 20 heavy (non-hydrogen) atoms. The van der Waals surface area contributed by atoms with Gasteiger partial charge in [-0.05, 0) is 38.4 Å². The smallest absolute Gasteiger partial charge is 0.195 e. The van der Waals surface area contributed by atoms with Gasteiger partial charge in [-0.15, -0.1) is 11.3 Å². The first-order chi connectivity index (χ1) is 9.62. The topological polar surface area (TPSA) is 46.5 Å². The van der Waals surface area contributed by atoms with Crippen LogP contribution in [0.3, 0.4) is 0 Å². The predicted octanol–water partition coefficient (Wildman–Crippen LogP) is 4.55. The molecule has 4 nitrogen and oxygen atoms in total. The fourth-order valence-electron chi connectivity index (χ4n) is 2.19. The van der Waals surface area contributed by atoms with Gasteiger partial charge in [0.25, 0.3) is 0 Å². The molecule has 0 saturated heterocycles. The second kappa shape index (κ2) is 6.63. The molecule has 110 valence electrons. The van der Waals surface area contributed by atoms with Crippen molar-refractivity contribution in [3.63, 3.8) is 0 Å². The number of nitrogens with one attached hydrogen (secondary N) is 1. The summed E-state index contributed by atoms with van der Waals surface area (Å²) in [7, 11) is 0. The van der Waals surface area contributed by atoms with Crippen LogP contribution in [-0.4, -0.2) is 19.7 Å². The fourth-order valence-corrected chi connectivity index (χ4v) is 3.54. The molecule has 0 aliphatic heterocycles. The van der Waals surface area contributed by atoms with Crippen molar-refractivity contribution in [2.75, 3.05) is 0 Å². The van der Waals surface area contributed by atoms with Crippen molar-refractivity contribution in [1.82, 2.24) is 19.7 Å². The van der Waals surface area contributed by atoms with Gasteiger partial charge in [0.15, 0.2) is 10.6 Å². The van der Waals surface area contributed by atoms with Gasteiger partial charge in [0.1, 0.15) is 0 Å². The zero-order chi connectivity index (χ0) is 14.7. The van der Waals surface area contributed by atoms with E-state index < -0.39 is 0 Å². The zero-order valence-corrected chi connectivity index (χ0v) is 14.2. The first-order valence-electron chi connectivity index (χ1n) is 7.28. The van der Waals surface area contributed by atoms with Crippen LogP contribution in [0.5, 0.6) is 0 Å². The Labute approximate surface area is 129 Å². The Bertz CT molecular complexity index is 623. The molecule has 0 amide bonds. The molecule has 0 spiro atoms. The molecule has 0 bridgehead atoms. The second-order valence-corrected chi connectivity index (χ2v) is 6.44. The molecule has 6 heteroatoms. The molecule has 2 aromatic heterocycles. The van der Waals surface area contributed by atoms with Crippen molar-refractivity contribution in [2.45, 2.75) is 59.4 Å². The first-order valence-corrected chi connectivity index (χ1v) is 8.50. The van der Waals surface area contributed by atoms with E-state index in [9.17, 15) is 0 Å². The highest BCUT2D eigenvalue weighted by atomic mass is 32.1. The highest BCUT2D eigenvalue weighted by molar-refractivity contribution is 7.71. The number of hydrogen-bond acceptors (Lipinski definition) is 4. The van der Waals surface area contributed by atoms with Crippen molar-refractivity contribution < 1.29 is 0 Å². The Hall–Kier alpha value is -1.01. The first kappa shape index (κ1) is 15.4. The minimum Gasteiger partial charge on any atom is -0.297 e. The number of aryl methyl sites for hydroxylation is 2. The summed E-state index contributed by atoms with van der Waals surface area (Å²) in [5.74, 6) is 0.949. The highest BCUT2D eigenvalue weighted by Crippen LogP contribution is 2.32. The maximum absolute atomic E-state index is 5.39. The molecular formula is C14H22N4S2. The molecule has 1 N–H and O–H groups in total. The van der Waals surface area contributed by atoms with Crippen LogP contribution in [0, 0.1) is 4.77 Å². The van der Waals surface area contributed by atoms with Crippen LogP contribution in [0.1, 0.15) is 57.3 Å². The van der Waals surface area contributed by atoms with Crippen LogP contribution in [0.2, 0.25) is 0 Å². The van der Waals surface area contributed by atoms with Crippen LogP contribution < -0.4 is 0 Å². The molecule has 1 unspecified atom stereocenters. The Kier molecular flexibility index (Phi) is 5.10. The lowest BCUT2D eigenvalue weighted by Gasteiger charge is -2.12. The number of thiazole rings is 1. The van der Waals surface area contributed by atoms with E-state index >= 15 is 0 Å². The number of aromatic amines is 1. The average molecular weight is 310 g/mol. The maximum Gasteiger partial charge on any atom is 0.195 e. The average Bonchev–Trinajstić information content (AvgIpc) is 3.02. The van der Waals surface area contributed by atoms with Crippen molar-refractivity contribution in [2.24, 2.45) is 0 Å². The van der Waals surface area contributed by atoms with Gasteiger partial charge in [0, 0.05) is 6.04 Å². The SMILES string of the molecule is CCCc1nc(CC)sc1-c1n[nH]c(=S)n1C(C)CC. The van der Waals surface area contributed by atoms with Crippen LogP contribution in [-0.2, 0) is 12.8 Å². The van der Waals surface area contributed by atoms with Crippen LogP contribution in [0.4, 0.5) is 0 Å². The molecule has 1 atom stereocenters. The van der Waals surface area contributed by atoms with Gasteiger partial charge >= 0.3 is 0 Å². The Morgan fingerprint density at radius 3 is 2.70 bits per heavy atom. The van der Waals surface area contributed by atoms with Gasteiger partial charge in [-0.1, -0.05) is 27.2 Å². The Morgan fingerprint density at radius 2 is 2.10 bits per heavy atom. The minimum atomic E-state index is 0.345. The van der Waals surface area contributed by atoms with E-state index in [1.807, 2.05) is 0 Å². The van der Waals surface area contributed by atoms with E-state index in [0.717, 1.165) is 37.2 Å². The number of rotatable bonds is 6. The molecule has 2 rings (SSSR count). The summed E-state index contributed by atoms with van der Waals surface area (Å²) < 4.78 is 2.82. The third kappa shape index (κ3) is 2.86. The normalized spacial score (nSPS) is 12.8. The summed E-state index contributed by atoms with van der Waals surface area (Å²) in [5.41, 5.74) is 1.16. The van der Waals surface area contributed by atoms with Crippen molar-refractivity contribution in [3.05, 3.63) is 15.5 Å². The largest absolute Gasteiger partial charge is 0.297 e. The van der Waals surface area contributed by atoms with Crippen LogP contribution in [0.15, 0.2) is 0 Å². The lowest BCUT2D eigenvalue weighted by atomic mass is 10.2. The number of aromatic nitrogens is 4. The van der Waals surface area contributed by atoms with Gasteiger partial charge < -0.3 is 0 Å².